The van der Waals surface area contributed by atoms with Crippen LogP contribution >= 0.6 is 22.9 Å². The molecule has 0 radical (unpaired) electrons. The summed E-state index contributed by atoms with van der Waals surface area (Å²) < 4.78 is 13.6. The van der Waals surface area contributed by atoms with Gasteiger partial charge in [-0.2, -0.15) is 0 Å². The van der Waals surface area contributed by atoms with Crippen molar-refractivity contribution in [1.82, 2.24) is 5.32 Å². The van der Waals surface area contributed by atoms with E-state index in [4.69, 9.17) is 11.6 Å². The van der Waals surface area contributed by atoms with E-state index in [0.29, 0.717) is 5.56 Å². The van der Waals surface area contributed by atoms with Gasteiger partial charge in [-0.25, -0.2) is 4.39 Å². The molecule has 0 aliphatic rings. The van der Waals surface area contributed by atoms with E-state index in [-0.39, 0.29) is 11.9 Å². The molecule has 1 atom stereocenters. The van der Waals surface area contributed by atoms with Crippen molar-refractivity contribution < 1.29 is 4.39 Å². The van der Waals surface area contributed by atoms with Gasteiger partial charge in [-0.05, 0) is 49.0 Å². The molecule has 1 nitrogen and oxygen atoms in total. The van der Waals surface area contributed by atoms with Crippen LogP contribution in [0.5, 0.6) is 0 Å². The highest BCUT2D eigenvalue weighted by atomic mass is 35.5. The van der Waals surface area contributed by atoms with Crippen molar-refractivity contribution >= 4 is 22.9 Å². The molecule has 0 saturated heterocycles. The number of nitrogens with one attached hydrogen (secondary N) is 1. The Morgan fingerprint density at radius 1 is 1.28 bits per heavy atom. The molecule has 0 aliphatic carbocycles. The Balaban J connectivity index is 2.45. The standard InChI is InChI=1S/C14H15ClFNS/c1-8-4-5-10(6-11(8)16)13(17-3)14-12(15)9(2)7-18-14/h4-7,13,17H,1-3H3. The first-order valence-corrected chi connectivity index (χ1v) is 6.97. The molecule has 1 aromatic carbocycles. The van der Waals surface area contributed by atoms with Crippen LogP contribution in [0.15, 0.2) is 23.6 Å². The topological polar surface area (TPSA) is 12.0 Å². The second-order valence-electron chi connectivity index (χ2n) is 4.33. The Morgan fingerprint density at radius 2 is 2.00 bits per heavy atom. The molecule has 1 heterocycles. The van der Waals surface area contributed by atoms with Crippen molar-refractivity contribution in [3.8, 4) is 0 Å². The van der Waals surface area contributed by atoms with Gasteiger partial charge >= 0.3 is 0 Å². The molecule has 1 unspecified atom stereocenters. The normalized spacial score (nSPS) is 12.7. The molecule has 0 fully saturated rings. The van der Waals surface area contributed by atoms with Gasteiger partial charge < -0.3 is 5.32 Å². The monoisotopic (exact) mass is 283 g/mol. The lowest BCUT2D eigenvalue weighted by molar-refractivity contribution is 0.609. The zero-order valence-corrected chi connectivity index (χ0v) is 12.1. The average Bonchev–Trinajstić information content (AvgIpc) is 2.67. The molecule has 0 aliphatic heterocycles. The third kappa shape index (κ3) is 2.44. The van der Waals surface area contributed by atoms with Crippen LogP contribution in [0.3, 0.4) is 0 Å². The Labute approximate surface area is 116 Å². The summed E-state index contributed by atoms with van der Waals surface area (Å²) in [5.41, 5.74) is 2.61. The molecular formula is C14H15ClFNS. The van der Waals surface area contributed by atoms with Crippen LogP contribution in [0.2, 0.25) is 5.02 Å². The van der Waals surface area contributed by atoms with Crippen LogP contribution in [-0.4, -0.2) is 7.05 Å². The van der Waals surface area contributed by atoms with Crippen LogP contribution < -0.4 is 5.32 Å². The van der Waals surface area contributed by atoms with Crippen LogP contribution in [0.1, 0.15) is 27.6 Å². The zero-order chi connectivity index (χ0) is 13.3. The average molecular weight is 284 g/mol. The van der Waals surface area contributed by atoms with Crippen molar-refractivity contribution in [2.24, 2.45) is 0 Å². The summed E-state index contributed by atoms with van der Waals surface area (Å²) in [5, 5.41) is 5.98. The lowest BCUT2D eigenvalue weighted by Crippen LogP contribution is -2.17. The third-order valence-corrected chi connectivity index (χ3v) is 4.78. The van der Waals surface area contributed by atoms with E-state index in [9.17, 15) is 4.39 Å². The molecule has 96 valence electrons. The summed E-state index contributed by atoms with van der Waals surface area (Å²) in [6.07, 6.45) is 0. The molecule has 0 spiro atoms. The van der Waals surface area contributed by atoms with Crippen LogP contribution in [0.25, 0.3) is 0 Å². The Bertz CT molecular complexity index is 565. The summed E-state index contributed by atoms with van der Waals surface area (Å²) in [6, 6.07) is 5.24. The molecule has 2 aromatic rings. The summed E-state index contributed by atoms with van der Waals surface area (Å²) in [4.78, 5) is 1.03. The van der Waals surface area contributed by atoms with E-state index in [2.05, 4.69) is 5.32 Å². The van der Waals surface area contributed by atoms with Crippen molar-refractivity contribution in [1.29, 1.82) is 0 Å². The summed E-state index contributed by atoms with van der Waals surface area (Å²) >= 11 is 7.88. The number of benzene rings is 1. The minimum absolute atomic E-state index is 0.0636. The minimum atomic E-state index is -0.183. The van der Waals surface area contributed by atoms with E-state index in [1.54, 1.807) is 30.4 Å². The van der Waals surface area contributed by atoms with Gasteiger partial charge in [0.15, 0.2) is 0 Å². The smallest absolute Gasteiger partial charge is 0.126 e. The van der Waals surface area contributed by atoms with Gasteiger partial charge in [-0.15, -0.1) is 11.3 Å². The maximum Gasteiger partial charge on any atom is 0.126 e. The number of hydrogen-bond donors (Lipinski definition) is 1. The fourth-order valence-corrected chi connectivity index (χ4v) is 3.32. The van der Waals surface area contributed by atoms with Crippen LogP contribution in [0, 0.1) is 19.7 Å². The second kappa shape index (κ2) is 5.39. The predicted octanol–water partition coefficient (Wildman–Crippen LogP) is 4.47. The number of halogens is 2. The van der Waals surface area contributed by atoms with Crippen molar-refractivity contribution in [3.63, 3.8) is 0 Å². The molecular weight excluding hydrogens is 269 g/mol. The Morgan fingerprint density at radius 3 is 2.50 bits per heavy atom. The van der Waals surface area contributed by atoms with Crippen molar-refractivity contribution in [2.45, 2.75) is 19.9 Å². The minimum Gasteiger partial charge on any atom is -0.309 e. The van der Waals surface area contributed by atoms with E-state index < -0.39 is 0 Å². The van der Waals surface area contributed by atoms with E-state index in [0.717, 1.165) is 21.0 Å². The van der Waals surface area contributed by atoms with Gasteiger partial charge in [0.2, 0.25) is 0 Å². The highest BCUT2D eigenvalue weighted by Gasteiger charge is 2.19. The third-order valence-electron chi connectivity index (χ3n) is 3.01. The van der Waals surface area contributed by atoms with E-state index in [1.807, 2.05) is 25.4 Å². The summed E-state index contributed by atoms with van der Waals surface area (Å²) in [7, 11) is 1.85. The number of hydrogen-bond acceptors (Lipinski definition) is 2. The Kier molecular flexibility index (Phi) is 4.05. The number of aryl methyl sites for hydroxylation is 2. The molecule has 0 bridgehead atoms. The SMILES string of the molecule is CNC(c1ccc(C)c(F)c1)c1scc(C)c1Cl. The maximum absolute atomic E-state index is 13.6. The first kappa shape index (κ1) is 13.5. The van der Waals surface area contributed by atoms with E-state index in [1.165, 1.54) is 0 Å². The zero-order valence-electron chi connectivity index (χ0n) is 10.6. The lowest BCUT2D eigenvalue weighted by Gasteiger charge is -2.16. The van der Waals surface area contributed by atoms with Crippen molar-refractivity contribution in [2.75, 3.05) is 7.05 Å². The number of rotatable bonds is 3. The van der Waals surface area contributed by atoms with Gasteiger partial charge in [-0.1, -0.05) is 23.7 Å². The Hall–Kier alpha value is -0.900. The molecule has 18 heavy (non-hydrogen) atoms. The van der Waals surface area contributed by atoms with Gasteiger partial charge in [-0.3, -0.25) is 0 Å². The van der Waals surface area contributed by atoms with Crippen LogP contribution in [-0.2, 0) is 0 Å². The first-order chi connectivity index (χ1) is 8.54. The van der Waals surface area contributed by atoms with Gasteiger partial charge in [0, 0.05) is 4.88 Å². The second-order valence-corrected chi connectivity index (χ2v) is 5.62. The van der Waals surface area contributed by atoms with Gasteiger partial charge in [0.1, 0.15) is 5.82 Å². The molecule has 1 N–H and O–H groups in total. The van der Waals surface area contributed by atoms with Gasteiger partial charge in [0.05, 0.1) is 11.1 Å². The van der Waals surface area contributed by atoms with Gasteiger partial charge in [0.25, 0.3) is 0 Å². The summed E-state index contributed by atoms with van der Waals surface area (Å²) in [5.74, 6) is -0.183. The fraction of sp³-hybridized carbons (Fsp3) is 0.286. The molecule has 4 heteroatoms. The van der Waals surface area contributed by atoms with Crippen molar-refractivity contribution in [3.05, 3.63) is 56.0 Å². The quantitative estimate of drug-likeness (QED) is 0.876. The highest BCUT2D eigenvalue weighted by Crippen LogP contribution is 2.35. The molecule has 1 aromatic heterocycles. The summed E-state index contributed by atoms with van der Waals surface area (Å²) in [6.45, 7) is 3.74. The van der Waals surface area contributed by atoms with E-state index >= 15 is 0 Å². The molecule has 0 saturated carbocycles. The maximum atomic E-state index is 13.6. The first-order valence-electron chi connectivity index (χ1n) is 5.71. The van der Waals surface area contributed by atoms with Crippen LogP contribution in [0.4, 0.5) is 4.39 Å². The molecule has 0 amide bonds. The molecule has 2 rings (SSSR count). The lowest BCUT2D eigenvalue weighted by atomic mass is 10.0. The largest absolute Gasteiger partial charge is 0.309 e. The predicted molar refractivity (Wildman–Crippen MR) is 76.1 cm³/mol. The number of thiophene rings is 1. The highest BCUT2D eigenvalue weighted by molar-refractivity contribution is 7.10. The fourth-order valence-electron chi connectivity index (χ4n) is 1.88.